The second kappa shape index (κ2) is 9.16. The highest BCUT2D eigenvalue weighted by Crippen LogP contribution is 2.42. The molecular weight excluding hydrogens is 493 g/mol. The van der Waals surface area contributed by atoms with Gasteiger partial charge in [0.2, 0.25) is 5.91 Å². The number of rotatable bonds is 5. The van der Waals surface area contributed by atoms with Crippen molar-refractivity contribution in [1.82, 2.24) is 9.47 Å². The molecule has 2 heterocycles. The minimum atomic E-state index is -0.315. The van der Waals surface area contributed by atoms with E-state index in [0.717, 1.165) is 35.5 Å². The van der Waals surface area contributed by atoms with E-state index in [-0.39, 0.29) is 30.4 Å². The molecule has 1 aliphatic carbocycles. The third-order valence-corrected chi connectivity index (χ3v) is 7.56. The Hall–Kier alpha value is -3.54. The van der Waals surface area contributed by atoms with E-state index in [1.807, 2.05) is 77.8 Å². The lowest BCUT2D eigenvalue weighted by Gasteiger charge is -2.39. The fourth-order valence-electron chi connectivity index (χ4n) is 4.98. The molecule has 3 aromatic carbocycles. The molecule has 6 rings (SSSR count). The number of benzene rings is 3. The number of halogens is 2. The summed E-state index contributed by atoms with van der Waals surface area (Å²) in [5.74, 6) is -0.349. The molecule has 0 bridgehead atoms. The molecule has 180 valence electrons. The lowest BCUT2D eigenvalue weighted by atomic mass is 9.97. The van der Waals surface area contributed by atoms with Gasteiger partial charge in [0.25, 0.3) is 5.91 Å². The van der Waals surface area contributed by atoms with Crippen molar-refractivity contribution >= 4 is 40.7 Å². The van der Waals surface area contributed by atoms with Crippen molar-refractivity contribution in [3.05, 3.63) is 118 Å². The van der Waals surface area contributed by atoms with Crippen molar-refractivity contribution in [2.75, 3.05) is 11.4 Å². The Bertz CT molecular complexity index is 1460. The monoisotopic (exact) mass is 515 g/mol. The Morgan fingerprint density at radius 3 is 2.28 bits per heavy atom. The van der Waals surface area contributed by atoms with Gasteiger partial charge in [-0.25, -0.2) is 0 Å². The van der Waals surface area contributed by atoms with Gasteiger partial charge in [-0.3, -0.25) is 14.5 Å². The molecule has 2 amide bonds. The van der Waals surface area contributed by atoms with E-state index < -0.39 is 0 Å². The van der Waals surface area contributed by atoms with Gasteiger partial charge >= 0.3 is 0 Å². The van der Waals surface area contributed by atoms with E-state index in [2.05, 4.69) is 4.57 Å². The molecule has 1 aliphatic heterocycles. The molecule has 0 N–H and O–H groups in total. The number of nitrogens with zero attached hydrogens (tertiary/aromatic N) is 3. The van der Waals surface area contributed by atoms with Gasteiger partial charge in [0.1, 0.15) is 12.6 Å². The molecule has 0 radical (unpaired) electrons. The molecular formula is C29H23Cl2N3O2. The van der Waals surface area contributed by atoms with E-state index in [1.165, 1.54) is 0 Å². The zero-order valence-electron chi connectivity index (χ0n) is 19.4. The number of fused-ring (bicyclic) bond motifs is 3. The largest absolute Gasteiger partial charge is 0.326 e. The average Bonchev–Trinajstić information content (AvgIpc) is 3.63. The van der Waals surface area contributed by atoms with Crippen LogP contribution in [0.5, 0.6) is 0 Å². The molecule has 1 aromatic heterocycles. The van der Waals surface area contributed by atoms with Gasteiger partial charge in [-0.2, -0.15) is 0 Å². The Kier molecular flexibility index (Phi) is 5.82. The van der Waals surface area contributed by atoms with Crippen LogP contribution in [0.4, 0.5) is 5.69 Å². The average molecular weight is 516 g/mol. The highest BCUT2D eigenvalue weighted by molar-refractivity contribution is 6.42. The smallest absolute Gasteiger partial charge is 0.254 e. The van der Waals surface area contributed by atoms with Crippen LogP contribution in [0.3, 0.4) is 0 Å². The molecule has 7 heteroatoms. The number of amides is 2. The first kappa shape index (κ1) is 22.9. The van der Waals surface area contributed by atoms with Crippen LogP contribution < -0.4 is 4.90 Å². The third-order valence-electron chi connectivity index (χ3n) is 6.82. The number of para-hydroxylation sites is 2. The summed E-state index contributed by atoms with van der Waals surface area (Å²) in [6.45, 7) is -0.0257. The maximum atomic E-state index is 14.2. The molecule has 1 atom stereocenters. The fourth-order valence-corrected chi connectivity index (χ4v) is 5.28. The first-order valence-corrected chi connectivity index (χ1v) is 12.7. The van der Waals surface area contributed by atoms with Crippen molar-refractivity contribution in [3.63, 3.8) is 0 Å². The van der Waals surface area contributed by atoms with Gasteiger partial charge in [-0.15, -0.1) is 0 Å². The quantitative estimate of drug-likeness (QED) is 0.303. The number of carbonyl (C=O) groups is 2. The van der Waals surface area contributed by atoms with Crippen LogP contribution in [0.2, 0.25) is 10.0 Å². The summed E-state index contributed by atoms with van der Waals surface area (Å²) in [5.41, 5.74) is 4.19. The second-order valence-electron chi connectivity index (χ2n) is 9.16. The Labute approximate surface area is 219 Å². The highest BCUT2D eigenvalue weighted by Gasteiger charge is 2.40. The van der Waals surface area contributed by atoms with Gasteiger partial charge < -0.3 is 9.47 Å². The Morgan fingerprint density at radius 1 is 0.833 bits per heavy atom. The number of carbonyl (C=O) groups excluding carboxylic acids is 2. The fraction of sp³-hybridized carbons (Fsp3) is 0.172. The number of aromatic nitrogens is 1. The lowest BCUT2D eigenvalue weighted by molar-refractivity contribution is -0.119. The molecule has 36 heavy (non-hydrogen) atoms. The molecule has 1 fully saturated rings. The zero-order valence-corrected chi connectivity index (χ0v) is 20.9. The standard InChI is InChI=1S/C29H23Cl2N3O2/c30-22-15-12-20(17-23(22)31)29(36)33(21-13-14-21)18-27(35)34-25-10-5-4-9-24(25)32-16-6-11-26(32)28(34)19-7-2-1-3-8-19/h1-12,15-17,21,28H,13-14,18H2/t28-/m1/s1. The van der Waals surface area contributed by atoms with Crippen LogP contribution in [-0.2, 0) is 4.79 Å². The molecule has 1 saturated carbocycles. The summed E-state index contributed by atoms with van der Waals surface area (Å²) in [4.78, 5) is 31.2. The predicted octanol–water partition coefficient (Wildman–Crippen LogP) is 6.52. The summed E-state index contributed by atoms with van der Waals surface area (Å²) in [7, 11) is 0. The van der Waals surface area contributed by atoms with E-state index >= 15 is 0 Å². The molecule has 2 aliphatic rings. The van der Waals surface area contributed by atoms with Crippen LogP contribution in [0.1, 0.15) is 40.5 Å². The maximum absolute atomic E-state index is 14.2. The van der Waals surface area contributed by atoms with Crippen molar-refractivity contribution in [2.45, 2.75) is 24.9 Å². The van der Waals surface area contributed by atoms with Crippen LogP contribution in [-0.4, -0.2) is 33.9 Å². The Morgan fingerprint density at radius 2 is 1.56 bits per heavy atom. The zero-order chi connectivity index (χ0) is 24.8. The number of anilines is 1. The SMILES string of the molecule is O=C(c1ccc(Cl)c(Cl)c1)N(CC(=O)N1c2ccccc2-n2cccc2[C@H]1c1ccccc1)C1CC1. The minimum absolute atomic E-state index is 0.0257. The highest BCUT2D eigenvalue weighted by atomic mass is 35.5. The second-order valence-corrected chi connectivity index (χ2v) is 9.98. The topological polar surface area (TPSA) is 45.6 Å². The predicted molar refractivity (Wildman–Crippen MR) is 142 cm³/mol. The lowest BCUT2D eigenvalue weighted by Crippen LogP contribution is -2.47. The maximum Gasteiger partial charge on any atom is 0.254 e. The van der Waals surface area contributed by atoms with E-state index in [9.17, 15) is 9.59 Å². The molecule has 0 unspecified atom stereocenters. The van der Waals surface area contributed by atoms with Crippen molar-refractivity contribution in [3.8, 4) is 5.69 Å². The van der Waals surface area contributed by atoms with Gasteiger partial charge in [0, 0.05) is 17.8 Å². The first-order chi connectivity index (χ1) is 17.5. The normalized spacial score (nSPS) is 16.3. The summed E-state index contributed by atoms with van der Waals surface area (Å²) in [5, 5.41) is 0.709. The van der Waals surface area contributed by atoms with Crippen molar-refractivity contribution < 1.29 is 9.59 Å². The van der Waals surface area contributed by atoms with Gasteiger partial charge in [-0.05, 0) is 60.9 Å². The first-order valence-electron chi connectivity index (χ1n) is 11.9. The van der Waals surface area contributed by atoms with Crippen LogP contribution >= 0.6 is 23.2 Å². The summed E-state index contributed by atoms with van der Waals surface area (Å²) >= 11 is 12.2. The third kappa shape index (κ3) is 3.98. The van der Waals surface area contributed by atoms with Gasteiger partial charge in [0.05, 0.1) is 27.1 Å². The molecule has 4 aromatic rings. The van der Waals surface area contributed by atoms with Crippen LogP contribution in [0.15, 0.2) is 91.1 Å². The van der Waals surface area contributed by atoms with Crippen LogP contribution in [0.25, 0.3) is 5.69 Å². The minimum Gasteiger partial charge on any atom is -0.326 e. The number of hydrogen-bond acceptors (Lipinski definition) is 2. The van der Waals surface area contributed by atoms with Crippen molar-refractivity contribution in [1.29, 1.82) is 0 Å². The van der Waals surface area contributed by atoms with Crippen LogP contribution in [0, 0.1) is 0 Å². The van der Waals surface area contributed by atoms with E-state index in [1.54, 1.807) is 23.1 Å². The number of hydrogen-bond donors (Lipinski definition) is 0. The van der Waals surface area contributed by atoms with E-state index in [0.29, 0.717) is 15.6 Å². The van der Waals surface area contributed by atoms with Crippen molar-refractivity contribution in [2.24, 2.45) is 0 Å². The van der Waals surface area contributed by atoms with Gasteiger partial charge in [-0.1, -0.05) is 65.7 Å². The molecule has 5 nitrogen and oxygen atoms in total. The molecule has 0 spiro atoms. The van der Waals surface area contributed by atoms with Gasteiger partial charge in [0.15, 0.2) is 0 Å². The van der Waals surface area contributed by atoms with E-state index in [4.69, 9.17) is 23.2 Å². The Balaban J connectivity index is 1.40. The summed E-state index contributed by atoms with van der Waals surface area (Å²) in [6, 6.07) is 26.5. The molecule has 0 saturated heterocycles. The summed E-state index contributed by atoms with van der Waals surface area (Å²) in [6.07, 6.45) is 3.78. The summed E-state index contributed by atoms with van der Waals surface area (Å²) < 4.78 is 2.14.